The molecule has 0 aliphatic carbocycles. The van der Waals surface area contributed by atoms with Gasteiger partial charge in [0.15, 0.2) is 0 Å². The molecule has 0 radical (unpaired) electrons. The third-order valence-electron chi connectivity index (χ3n) is 2.82. The van der Waals surface area contributed by atoms with Crippen LogP contribution in [0.2, 0.25) is 5.02 Å². The second-order valence-corrected chi connectivity index (χ2v) is 8.09. The molecule has 6 nitrogen and oxygen atoms in total. The van der Waals surface area contributed by atoms with E-state index in [0.29, 0.717) is 16.4 Å². The van der Waals surface area contributed by atoms with E-state index in [2.05, 4.69) is 20.0 Å². The van der Waals surface area contributed by atoms with Gasteiger partial charge >= 0.3 is 0 Å². The lowest BCUT2D eigenvalue weighted by Gasteiger charge is -2.21. The Labute approximate surface area is 141 Å². The average molecular weight is 355 g/mol. The number of benzene rings is 1. The van der Waals surface area contributed by atoms with Gasteiger partial charge in [0.25, 0.3) is 0 Å². The summed E-state index contributed by atoms with van der Waals surface area (Å²) < 4.78 is 27.8. The molecule has 0 spiro atoms. The molecule has 0 atom stereocenters. The van der Waals surface area contributed by atoms with Crippen LogP contribution in [0.15, 0.2) is 41.7 Å². The first-order valence-electron chi connectivity index (χ1n) is 7.00. The molecule has 2 N–H and O–H groups in total. The fourth-order valence-corrected chi connectivity index (χ4v) is 3.82. The van der Waals surface area contributed by atoms with Gasteiger partial charge in [-0.3, -0.25) is 0 Å². The molecule has 0 saturated carbocycles. The normalized spacial score (nSPS) is 12.2. The molecule has 0 amide bonds. The number of nitrogens with one attached hydrogen (secondary N) is 2. The maximum absolute atomic E-state index is 12.6. The van der Waals surface area contributed by atoms with Gasteiger partial charge in [0.2, 0.25) is 10.0 Å². The number of halogens is 1. The predicted octanol–water partition coefficient (Wildman–Crippen LogP) is 2.82. The lowest BCUT2D eigenvalue weighted by atomic mass is 10.1. The highest BCUT2D eigenvalue weighted by Gasteiger charge is 2.24. The first-order chi connectivity index (χ1) is 10.7. The summed E-state index contributed by atoms with van der Waals surface area (Å²) in [4.78, 5) is 8.06. The fraction of sp³-hybridized carbons (Fsp3) is 0.333. The Bertz CT molecular complexity index is 788. The molecule has 2 aromatic rings. The minimum Gasteiger partial charge on any atom is -0.365 e. The second-order valence-electron chi connectivity index (χ2n) is 6.04. The molecule has 23 heavy (non-hydrogen) atoms. The number of rotatable bonds is 5. The third kappa shape index (κ3) is 4.89. The molecule has 0 aliphatic heterocycles. The van der Waals surface area contributed by atoms with Gasteiger partial charge in [-0.25, -0.2) is 23.1 Å². The SMILES string of the molecule is CC(C)(C)NS(=O)(=O)c1ccccc1CNc1ncncc1Cl. The molecule has 0 fully saturated rings. The summed E-state index contributed by atoms with van der Waals surface area (Å²) in [6.07, 6.45) is 2.85. The van der Waals surface area contributed by atoms with Crippen molar-refractivity contribution in [2.75, 3.05) is 5.32 Å². The molecule has 124 valence electrons. The molecular weight excluding hydrogens is 336 g/mol. The molecular formula is C15H19ClN4O2S. The van der Waals surface area contributed by atoms with Gasteiger partial charge in [-0.15, -0.1) is 0 Å². The van der Waals surface area contributed by atoms with E-state index in [1.54, 1.807) is 45.0 Å². The topological polar surface area (TPSA) is 84.0 Å². The number of aromatic nitrogens is 2. The van der Waals surface area contributed by atoms with Gasteiger partial charge in [0.05, 0.1) is 11.1 Å². The van der Waals surface area contributed by atoms with Crippen molar-refractivity contribution in [2.24, 2.45) is 0 Å². The van der Waals surface area contributed by atoms with Crippen LogP contribution < -0.4 is 10.0 Å². The predicted molar refractivity (Wildman–Crippen MR) is 90.9 cm³/mol. The maximum Gasteiger partial charge on any atom is 0.241 e. The zero-order valence-corrected chi connectivity index (χ0v) is 14.7. The summed E-state index contributed by atoms with van der Waals surface area (Å²) in [7, 11) is -3.62. The monoisotopic (exact) mass is 354 g/mol. The van der Waals surface area contributed by atoms with Crippen LogP contribution in [-0.4, -0.2) is 23.9 Å². The van der Waals surface area contributed by atoms with Crippen LogP contribution >= 0.6 is 11.6 Å². The van der Waals surface area contributed by atoms with Crippen LogP contribution in [0.25, 0.3) is 0 Å². The van der Waals surface area contributed by atoms with Crippen LogP contribution in [0.1, 0.15) is 26.3 Å². The minimum atomic E-state index is -3.62. The maximum atomic E-state index is 12.6. The van der Waals surface area contributed by atoms with E-state index in [1.165, 1.54) is 12.5 Å². The Morgan fingerprint density at radius 2 is 1.91 bits per heavy atom. The second kappa shape index (κ2) is 6.82. The molecule has 0 unspecified atom stereocenters. The summed E-state index contributed by atoms with van der Waals surface area (Å²) in [5, 5.41) is 3.40. The number of sulfonamides is 1. The molecule has 1 aromatic heterocycles. The largest absolute Gasteiger partial charge is 0.365 e. The Morgan fingerprint density at radius 3 is 2.57 bits per heavy atom. The van der Waals surface area contributed by atoms with Crippen molar-refractivity contribution in [3.63, 3.8) is 0 Å². The molecule has 0 aliphatic rings. The number of anilines is 1. The van der Waals surface area contributed by atoms with Gasteiger partial charge in [-0.05, 0) is 32.4 Å². The van der Waals surface area contributed by atoms with Crippen LogP contribution in [0.3, 0.4) is 0 Å². The smallest absolute Gasteiger partial charge is 0.241 e. The van der Waals surface area contributed by atoms with E-state index < -0.39 is 15.6 Å². The van der Waals surface area contributed by atoms with Gasteiger partial charge in [-0.1, -0.05) is 29.8 Å². The average Bonchev–Trinajstić information content (AvgIpc) is 2.44. The van der Waals surface area contributed by atoms with Crippen LogP contribution in [0.5, 0.6) is 0 Å². The van der Waals surface area contributed by atoms with Crippen molar-refractivity contribution in [3.05, 3.63) is 47.4 Å². The van der Waals surface area contributed by atoms with Crippen LogP contribution in [0, 0.1) is 0 Å². The van der Waals surface area contributed by atoms with Crippen molar-refractivity contribution in [2.45, 2.75) is 37.8 Å². The van der Waals surface area contributed by atoms with Crippen molar-refractivity contribution in [1.29, 1.82) is 0 Å². The highest BCUT2D eigenvalue weighted by atomic mass is 35.5. The highest BCUT2D eigenvalue weighted by Crippen LogP contribution is 2.21. The van der Waals surface area contributed by atoms with Crippen molar-refractivity contribution in [3.8, 4) is 0 Å². The lowest BCUT2D eigenvalue weighted by molar-refractivity contribution is 0.491. The van der Waals surface area contributed by atoms with Gasteiger partial charge in [0.1, 0.15) is 17.2 Å². The number of hydrogen-bond acceptors (Lipinski definition) is 5. The highest BCUT2D eigenvalue weighted by molar-refractivity contribution is 7.89. The number of nitrogens with zero attached hydrogens (tertiary/aromatic N) is 2. The quantitative estimate of drug-likeness (QED) is 0.862. The molecule has 0 bridgehead atoms. The zero-order chi connectivity index (χ0) is 17.1. The van der Waals surface area contributed by atoms with E-state index in [-0.39, 0.29) is 11.4 Å². The van der Waals surface area contributed by atoms with Crippen molar-refractivity contribution >= 4 is 27.4 Å². The van der Waals surface area contributed by atoms with Gasteiger partial charge in [0, 0.05) is 12.1 Å². The van der Waals surface area contributed by atoms with Crippen molar-refractivity contribution in [1.82, 2.24) is 14.7 Å². The van der Waals surface area contributed by atoms with Crippen LogP contribution in [-0.2, 0) is 16.6 Å². The Morgan fingerprint density at radius 1 is 1.22 bits per heavy atom. The summed E-state index contributed by atoms with van der Waals surface area (Å²) in [5.41, 5.74) is 0.0638. The van der Waals surface area contributed by atoms with Gasteiger partial charge in [-0.2, -0.15) is 0 Å². The molecule has 1 aromatic carbocycles. The number of hydrogen-bond donors (Lipinski definition) is 2. The zero-order valence-electron chi connectivity index (χ0n) is 13.2. The van der Waals surface area contributed by atoms with E-state index in [0.717, 1.165) is 0 Å². The summed E-state index contributed by atoms with van der Waals surface area (Å²) >= 11 is 5.99. The first-order valence-corrected chi connectivity index (χ1v) is 8.86. The van der Waals surface area contributed by atoms with E-state index in [1.807, 2.05) is 0 Å². The van der Waals surface area contributed by atoms with Crippen LogP contribution in [0.4, 0.5) is 5.82 Å². The fourth-order valence-electron chi connectivity index (χ4n) is 1.99. The summed E-state index contributed by atoms with van der Waals surface area (Å²) in [5.74, 6) is 0.456. The molecule has 0 saturated heterocycles. The summed E-state index contributed by atoms with van der Waals surface area (Å²) in [6.45, 7) is 5.67. The van der Waals surface area contributed by atoms with E-state index >= 15 is 0 Å². The Hall–Kier alpha value is -1.70. The molecule has 2 rings (SSSR count). The summed E-state index contributed by atoms with van der Waals surface area (Å²) in [6, 6.07) is 6.80. The van der Waals surface area contributed by atoms with E-state index in [4.69, 9.17) is 11.6 Å². The lowest BCUT2D eigenvalue weighted by Crippen LogP contribution is -2.40. The first kappa shape index (κ1) is 17.7. The van der Waals surface area contributed by atoms with Gasteiger partial charge < -0.3 is 5.32 Å². The Kier molecular flexibility index (Phi) is 5.23. The molecule has 8 heteroatoms. The Balaban J connectivity index is 2.26. The standard InChI is InChI=1S/C15H19ClN4O2S/c1-15(2,3)20-23(21,22)13-7-5-4-6-11(13)8-18-14-12(16)9-17-10-19-14/h4-7,9-10,20H,8H2,1-3H3,(H,17,18,19). The van der Waals surface area contributed by atoms with Crippen molar-refractivity contribution < 1.29 is 8.42 Å². The molecule has 1 heterocycles. The minimum absolute atomic E-state index is 0.229. The van der Waals surface area contributed by atoms with E-state index in [9.17, 15) is 8.42 Å². The third-order valence-corrected chi connectivity index (χ3v) is 4.95.